The number of nitrogens with zero attached hydrogens (tertiary/aromatic N) is 1. The number of hydrogen-bond donors (Lipinski definition) is 1. The first-order valence-electron chi connectivity index (χ1n) is 12.3. The fraction of sp³-hybridized carbons (Fsp3) is 0.276. The standard InChI is InChI=1S/C29H28N2O6S/c1-29(2)25(28(34)37-24(19-12-6-3-7-13-19)20-14-8-4-9-15-20)31-26(33)23(27(31)38(29)35)30-22(32)18-36-21-16-10-5-11-17-21/h3-17,23-25,27H,18H2,1-2H3,(H,30,32)/t23?,25?,27-,38?/m1/s1. The molecule has 2 aliphatic rings. The third-order valence-electron chi connectivity index (χ3n) is 6.85. The van der Waals surface area contributed by atoms with Crippen molar-refractivity contribution in [1.82, 2.24) is 10.2 Å². The van der Waals surface area contributed by atoms with Crippen LogP contribution in [0.3, 0.4) is 0 Å². The van der Waals surface area contributed by atoms with Gasteiger partial charge in [0.15, 0.2) is 29.5 Å². The molecule has 5 rings (SSSR count). The van der Waals surface area contributed by atoms with Gasteiger partial charge in [-0.25, -0.2) is 4.79 Å². The van der Waals surface area contributed by atoms with E-state index in [2.05, 4.69) is 5.32 Å². The average Bonchev–Trinajstić information content (AvgIpc) is 3.13. The van der Waals surface area contributed by atoms with E-state index in [-0.39, 0.29) is 6.61 Å². The molecule has 2 saturated heterocycles. The van der Waals surface area contributed by atoms with Gasteiger partial charge in [-0.15, -0.1) is 0 Å². The first-order chi connectivity index (χ1) is 18.3. The Morgan fingerprint density at radius 1 is 0.947 bits per heavy atom. The minimum absolute atomic E-state index is 0.294. The van der Waals surface area contributed by atoms with E-state index in [0.717, 1.165) is 11.1 Å². The lowest BCUT2D eigenvalue weighted by Gasteiger charge is -2.41. The molecule has 3 aromatic rings. The summed E-state index contributed by atoms with van der Waals surface area (Å²) in [6.45, 7) is 3.06. The van der Waals surface area contributed by atoms with Crippen molar-refractivity contribution in [2.45, 2.75) is 42.2 Å². The molecule has 0 spiro atoms. The highest BCUT2D eigenvalue weighted by Gasteiger charge is 2.73. The van der Waals surface area contributed by atoms with Gasteiger partial charge >= 0.3 is 5.97 Å². The van der Waals surface area contributed by atoms with Gasteiger partial charge in [0.25, 0.3) is 11.8 Å². The molecule has 3 aromatic carbocycles. The van der Waals surface area contributed by atoms with Crippen LogP contribution in [-0.2, 0) is 30.3 Å². The molecule has 0 aliphatic carbocycles. The Kier molecular flexibility index (Phi) is 7.14. The van der Waals surface area contributed by atoms with Gasteiger partial charge in [-0.2, -0.15) is 0 Å². The molecule has 3 unspecified atom stereocenters. The largest absolute Gasteiger partial charge is 0.614 e. The van der Waals surface area contributed by atoms with E-state index in [9.17, 15) is 18.9 Å². The Morgan fingerprint density at radius 2 is 1.47 bits per heavy atom. The fourth-order valence-corrected chi connectivity index (χ4v) is 6.84. The number of fused-ring (bicyclic) bond motifs is 1. The third-order valence-corrected chi connectivity index (χ3v) is 9.04. The van der Waals surface area contributed by atoms with Crippen molar-refractivity contribution in [3.8, 4) is 5.75 Å². The molecule has 9 heteroatoms. The van der Waals surface area contributed by atoms with Crippen molar-refractivity contribution in [3.63, 3.8) is 0 Å². The number of β-lactam (4-membered cyclic amide) rings is 1. The Balaban J connectivity index is 1.31. The van der Waals surface area contributed by atoms with Gasteiger partial charge < -0.3 is 19.3 Å². The highest BCUT2D eigenvalue weighted by molar-refractivity contribution is 7.94. The van der Waals surface area contributed by atoms with Crippen LogP contribution in [0.4, 0.5) is 0 Å². The van der Waals surface area contributed by atoms with Gasteiger partial charge in [0.05, 0.1) is 0 Å². The zero-order valence-electron chi connectivity index (χ0n) is 21.0. The van der Waals surface area contributed by atoms with Gasteiger partial charge in [0.1, 0.15) is 5.75 Å². The maximum absolute atomic E-state index is 13.6. The molecule has 4 atom stereocenters. The monoisotopic (exact) mass is 532 g/mol. The van der Waals surface area contributed by atoms with Crippen LogP contribution in [0, 0.1) is 0 Å². The summed E-state index contributed by atoms with van der Waals surface area (Å²) in [5.74, 6) is -1.11. The van der Waals surface area contributed by atoms with Crippen molar-refractivity contribution in [2.24, 2.45) is 0 Å². The predicted molar refractivity (Wildman–Crippen MR) is 141 cm³/mol. The van der Waals surface area contributed by atoms with Crippen molar-refractivity contribution in [3.05, 3.63) is 102 Å². The van der Waals surface area contributed by atoms with Crippen LogP contribution in [0.2, 0.25) is 0 Å². The molecule has 0 radical (unpaired) electrons. The summed E-state index contributed by atoms with van der Waals surface area (Å²) < 4.78 is 23.9. The second-order valence-electron chi connectivity index (χ2n) is 9.72. The number of carbonyl (C=O) groups excluding carboxylic acids is 3. The molecule has 0 aromatic heterocycles. The summed E-state index contributed by atoms with van der Waals surface area (Å²) >= 11 is -1.63. The molecule has 196 valence electrons. The number of hydrogen-bond acceptors (Lipinski definition) is 6. The quantitative estimate of drug-likeness (QED) is 0.272. The van der Waals surface area contributed by atoms with Crippen LogP contribution in [0.25, 0.3) is 0 Å². The molecule has 0 saturated carbocycles. The summed E-state index contributed by atoms with van der Waals surface area (Å²) in [5, 5.41) is 1.80. The lowest BCUT2D eigenvalue weighted by molar-refractivity contribution is -0.166. The van der Waals surface area contributed by atoms with E-state index in [0.29, 0.717) is 5.75 Å². The molecule has 1 N–H and O–H groups in total. The number of ether oxygens (including phenoxy) is 2. The normalized spacial score (nSPS) is 23.4. The smallest absolute Gasteiger partial charge is 0.335 e. The summed E-state index contributed by atoms with van der Waals surface area (Å²) in [6.07, 6.45) is -0.699. The zero-order chi connectivity index (χ0) is 26.9. The van der Waals surface area contributed by atoms with Crippen molar-refractivity contribution < 1.29 is 28.4 Å². The Bertz CT molecular complexity index is 1260. The zero-order valence-corrected chi connectivity index (χ0v) is 21.8. The van der Waals surface area contributed by atoms with Crippen LogP contribution >= 0.6 is 0 Å². The number of amides is 2. The first kappa shape index (κ1) is 25.8. The second kappa shape index (κ2) is 10.5. The molecule has 2 fully saturated rings. The molecule has 2 heterocycles. The van der Waals surface area contributed by atoms with Gasteiger partial charge in [0.2, 0.25) is 5.37 Å². The topological polar surface area (TPSA) is 108 Å². The summed E-state index contributed by atoms with van der Waals surface area (Å²) in [4.78, 5) is 40.6. The molecular formula is C29H28N2O6S. The molecule has 38 heavy (non-hydrogen) atoms. The highest BCUT2D eigenvalue weighted by Crippen LogP contribution is 2.47. The van der Waals surface area contributed by atoms with Crippen LogP contribution in [0.5, 0.6) is 5.75 Å². The minimum atomic E-state index is -1.63. The van der Waals surface area contributed by atoms with E-state index < -0.39 is 57.3 Å². The van der Waals surface area contributed by atoms with Gasteiger partial charge in [-0.1, -0.05) is 78.9 Å². The molecular weight excluding hydrogens is 504 g/mol. The Hall–Kier alpha value is -3.82. The summed E-state index contributed by atoms with van der Waals surface area (Å²) in [6, 6.07) is 25.4. The predicted octanol–water partition coefficient (Wildman–Crippen LogP) is 2.96. The molecule has 8 nitrogen and oxygen atoms in total. The fourth-order valence-electron chi connectivity index (χ4n) is 4.92. The number of rotatable bonds is 8. The van der Waals surface area contributed by atoms with E-state index in [1.807, 2.05) is 66.7 Å². The number of carbonyl (C=O) groups is 3. The molecule has 2 amide bonds. The van der Waals surface area contributed by atoms with Crippen molar-refractivity contribution in [2.75, 3.05) is 6.61 Å². The van der Waals surface area contributed by atoms with E-state index in [1.54, 1.807) is 38.1 Å². The minimum Gasteiger partial charge on any atom is -0.614 e. The lowest BCUT2D eigenvalue weighted by atomic mass is 9.95. The van der Waals surface area contributed by atoms with Gasteiger partial charge in [-0.3, -0.25) is 14.5 Å². The number of esters is 1. The molecule has 2 aliphatic heterocycles. The van der Waals surface area contributed by atoms with Crippen molar-refractivity contribution in [1.29, 1.82) is 0 Å². The maximum Gasteiger partial charge on any atom is 0.335 e. The third kappa shape index (κ3) is 4.75. The van der Waals surface area contributed by atoms with Crippen molar-refractivity contribution >= 4 is 29.0 Å². The van der Waals surface area contributed by atoms with Crippen LogP contribution in [-0.4, -0.2) is 56.0 Å². The summed E-state index contributed by atoms with van der Waals surface area (Å²) in [7, 11) is 0. The maximum atomic E-state index is 13.6. The summed E-state index contributed by atoms with van der Waals surface area (Å²) in [5.41, 5.74) is 1.55. The second-order valence-corrected chi connectivity index (χ2v) is 11.9. The Labute approximate surface area is 224 Å². The Morgan fingerprint density at radius 3 is 2.03 bits per heavy atom. The van der Waals surface area contributed by atoms with Crippen LogP contribution in [0.15, 0.2) is 91.0 Å². The number of nitrogens with one attached hydrogen (secondary N) is 1. The average molecular weight is 533 g/mol. The number of benzene rings is 3. The highest BCUT2D eigenvalue weighted by atomic mass is 32.2. The van der Waals surface area contributed by atoms with E-state index in [4.69, 9.17) is 9.47 Å². The number of para-hydroxylation sites is 1. The van der Waals surface area contributed by atoms with Gasteiger partial charge in [-0.05, 0) is 48.3 Å². The first-order valence-corrected chi connectivity index (χ1v) is 13.5. The molecule has 0 bridgehead atoms. The SMILES string of the molecule is CC1(C)C(C(=O)OC(c2ccccc2)c2ccccc2)N2C(=O)C(NC(=O)COc3ccccc3)[C@H]2[S+]1[O-]. The van der Waals surface area contributed by atoms with Crippen LogP contribution in [0.1, 0.15) is 31.1 Å². The lowest BCUT2D eigenvalue weighted by Crippen LogP contribution is -2.72. The van der Waals surface area contributed by atoms with Gasteiger partial charge in [0, 0.05) is 0 Å². The van der Waals surface area contributed by atoms with Crippen LogP contribution < -0.4 is 10.1 Å². The van der Waals surface area contributed by atoms with E-state index in [1.165, 1.54) is 4.90 Å². The van der Waals surface area contributed by atoms with E-state index >= 15 is 0 Å².